The lowest BCUT2D eigenvalue weighted by Crippen LogP contribution is -2.09. The molecule has 2 aliphatic rings. The van der Waals surface area contributed by atoms with E-state index in [4.69, 9.17) is 9.47 Å². The molecule has 3 nitrogen and oxygen atoms in total. The molecule has 4 aromatic rings. The first-order valence-electron chi connectivity index (χ1n) is 7.07. The smallest absolute Gasteiger partial charge is 0.155 e. The van der Waals surface area contributed by atoms with E-state index in [1.54, 1.807) is 0 Å². The highest BCUT2D eigenvalue weighted by atomic mass is 79.9. The van der Waals surface area contributed by atoms with Crippen LogP contribution in [-0.4, -0.2) is 4.57 Å². The molecule has 6 rings (SSSR count). The number of rotatable bonds is 0. The molecule has 22 heavy (non-hydrogen) atoms. The lowest BCUT2D eigenvalue weighted by molar-refractivity contribution is 0.444. The average molecular weight is 350 g/mol. The third kappa shape index (κ3) is 1.12. The van der Waals surface area contributed by atoms with Crippen LogP contribution in [0.5, 0.6) is 23.0 Å². The summed E-state index contributed by atoms with van der Waals surface area (Å²) in [5.74, 6) is 3.43. The van der Waals surface area contributed by atoms with Gasteiger partial charge in [-0.1, -0.05) is 34.1 Å². The average Bonchev–Trinajstić information content (AvgIpc) is 2.85. The molecule has 0 bridgehead atoms. The summed E-state index contributed by atoms with van der Waals surface area (Å²) in [6.45, 7) is 0. The minimum Gasteiger partial charge on any atom is -0.453 e. The van der Waals surface area contributed by atoms with E-state index in [1.165, 1.54) is 10.8 Å². The van der Waals surface area contributed by atoms with Crippen LogP contribution in [0, 0.1) is 0 Å². The first-order valence-corrected chi connectivity index (χ1v) is 7.86. The summed E-state index contributed by atoms with van der Waals surface area (Å²) in [5.41, 5.74) is 3.21. The first-order chi connectivity index (χ1) is 10.8. The summed E-state index contributed by atoms with van der Waals surface area (Å²) in [6.07, 6.45) is 0. The van der Waals surface area contributed by atoms with Gasteiger partial charge >= 0.3 is 0 Å². The highest BCUT2D eigenvalue weighted by molar-refractivity contribution is 9.10. The number of aromatic nitrogens is 1. The van der Waals surface area contributed by atoms with Gasteiger partial charge in [0.25, 0.3) is 0 Å². The van der Waals surface area contributed by atoms with Crippen molar-refractivity contribution in [3.8, 4) is 28.7 Å². The zero-order valence-electron chi connectivity index (χ0n) is 11.3. The molecule has 104 valence electrons. The van der Waals surface area contributed by atoms with Crippen LogP contribution in [0.4, 0.5) is 0 Å². The van der Waals surface area contributed by atoms with Crippen LogP contribution in [0.2, 0.25) is 0 Å². The second-order valence-electron chi connectivity index (χ2n) is 5.59. The molecule has 0 atom stereocenters. The van der Waals surface area contributed by atoms with Crippen molar-refractivity contribution < 1.29 is 9.47 Å². The Balaban J connectivity index is 2.02. The molecule has 0 unspecified atom stereocenters. The fourth-order valence-electron chi connectivity index (χ4n) is 3.60. The van der Waals surface area contributed by atoms with Gasteiger partial charge in [0.05, 0.1) is 11.0 Å². The Morgan fingerprint density at radius 1 is 0.727 bits per heavy atom. The normalized spacial score (nSPS) is 13.5. The van der Waals surface area contributed by atoms with Gasteiger partial charge in [-0.2, -0.15) is 0 Å². The van der Waals surface area contributed by atoms with Gasteiger partial charge in [0.15, 0.2) is 23.0 Å². The third-order valence-corrected chi connectivity index (χ3v) is 4.86. The maximum atomic E-state index is 6.14. The molecule has 0 N–H and O–H groups in total. The SMILES string of the molecule is Brc1cc2c3c(c1)c1cccc4c1n3-c1c(cccc1O2)O4. The van der Waals surface area contributed by atoms with Crippen LogP contribution >= 0.6 is 15.9 Å². The predicted octanol–water partition coefficient (Wildman–Crippen LogP) is 5.76. The number of hydrogen-bond donors (Lipinski definition) is 0. The van der Waals surface area contributed by atoms with Crippen molar-refractivity contribution in [2.45, 2.75) is 0 Å². The molecule has 0 fully saturated rings. The van der Waals surface area contributed by atoms with E-state index in [1.807, 2.05) is 36.4 Å². The van der Waals surface area contributed by atoms with Gasteiger partial charge in [-0.05, 0) is 30.3 Å². The number of para-hydroxylation sites is 2. The zero-order chi connectivity index (χ0) is 14.4. The van der Waals surface area contributed by atoms with Crippen LogP contribution in [0.25, 0.3) is 27.5 Å². The fraction of sp³-hybridized carbons (Fsp3) is 0. The second-order valence-corrected chi connectivity index (χ2v) is 6.51. The van der Waals surface area contributed by atoms with Gasteiger partial charge in [-0.3, -0.25) is 4.57 Å². The van der Waals surface area contributed by atoms with Crippen molar-refractivity contribution in [1.29, 1.82) is 0 Å². The summed E-state index contributed by atoms with van der Waals surface area (Å²) >= 11 is 3.59. The zero-order valence-corrected chi connectivity index (χ0v) is 12.8. The first kappa shape index (κ1) is 11.2. The Morgan fingerprint density at radius 3 is 2.27 bits per heavy atom. The minimum absolute atomic E-state index is 0.830. The molecule has 0 spiro atoms. The fourth-order valence-corrected chi connectivity index (χ4v) is 4.04. The van der Waals surface area contributed by atoms with E-state index >= 15 is 0 Å². The molecule has 3 aromatic carbocycles. The molecule has 0 saturated carbocycles. The topological polar surface area (TPSA) is 23.4 Å². The molecule has 2 aliphatic heterocycles. The van der Waals surface area contributed by atoms with E-state index in [2.05, 4.69) is 32.6 Å². The Labute approximate surface area is 133 Å². The number of benzene rings is 3. The molecule has 0 aliphatic carbocycles. The van der Waals surface area contributed by atoms with Gasteiger partial charge in [-0.25, -0.2) is 0 Å². The maximum absolute atomic E-state index is 6.14. The molecule has 1 aromatic heterocycles. The number of fused-ring (bicyclic) bond motifs is 1. The Kier molecular flexibility index (Phi) is 1.76. The summed E-state index contributed by atoms with van der Waals surface area (Å²) in [6, 6.07) is 16.3. The van der Waals surface area contributed by atoms with Gasteiger partial charge in [-0.15, -0.1) is 0 Å². The van der Waals surface area contributed by atoms with Crippen molar-refractivity contribution >= 4 is 37.7 Å². The van der Waals surface area contributed by atoms with E-state index in [-0.39, 0.29) is 0 Å². The number of ether oxygens (including phenoxy) is 2. The van der Waals surface area contributed by atoms with E-state index in [0.29, 0.717) is 0 Å². The van der Waals surface area contributed by atoms with Crippen molar-refractivity contribution in [3.05, 3.63) is 53.0 Å². The number of hydrogen-bond acceptors (Lipinski definition) is 2. The standard InChI is InChI=1S/C18H8BrNO2/c19-9-7-11-10-3-1-4-12-16(10)20-17(11)15(8-9)22-14-6-2-5-13(21-12)18(14)20/h1-8H. The highest BCUT2D eigenvalue weighted by Crippen LogP contribution is 2.54. The van der Waals surface area contributed by atoms with Gasteiger partial charge < -0.3 is 9.47 Å². The maximum Gasteiger partial charge on any atom is 0.155 e. The number of halogens is 1. The molecular formula is C18H8BrNO2. The quantitative estimate of drug-likeness (QED) is 0.348. The molecule has 0 amide bonds. The summed E-state index contributed by atoms with van der Waals surface area (Å²) < 4.78 is 15.5. The van der Waals surface area contributed by atoms with Crippen LogP contribution in [0.3, 0.4) is 0 Å². The molecular weight excluding hydrogens is 342 g/mol. The highest BCUT2D eigenvalue weighted by Gasteiger charge is 2.31. The van der Waals surface area contributed by atoms with Crippen molar-refractivity contribution in [2.75, 3.05) is 0 Å². The van der Waals surface area contributed by atoms with Crippen molar-refractivity contribution in [2.24, 2.45) is 0 Å². The summed E-state index contributed by atoms with van der Waals surface area (Å²) in [5, 5.41) is 2.35. The van der Waals surface area contributed by atoms with E-state index < -0.39 is 0 Å². The lowest BCUT2D eigenvalue weighted by atomic mass is 10.1. The third-order valence-electron chi connectivity index (χ3n) is 4.40. The Morgan fingerprint density at radius 2 is 1.41 bits per heavy atom. The minimum atomic E-state index is 0.830. The van der Waals surface area contributed by atoms with E-state index in [9.17, 15) is 0 Å². The molecule has 0 saturated heterocycles. The van der Waals surface area contributed by atoms with Crippen LogP contribution in [-0.2, 0) is 0 Å². The van der Waals surface area contributed by atoms with Crippen molar-refractivity contribution in [1.82, 2.24) is 4.57 Å². The Bertz CT molecular complexity index is 1140. The summed E-state index contributed by atoms with van der Waals surface area (Å²) in [4.78, 5) is 0. The summed E-state index contributed by atoms with van der Waals surface area (Å²) in [7, 11) is 0. The van der Waals surface area contributed by atoms with Gasteiger partial charge in [0.2, 0.25) is 0 Å². The largest absolute Gasteiger partial charge is 0.453 e. The molecule has 3 heterocycles. The van der Waals surface area contributed by atoms with Crippen LogP contribution in [0.15, 0.2) is 53.0 Å². The van der Waals surface area contributed by atoms with E-state index in [0.717, 1.165) is 44.2 Å². The Hall–Kier alpha value is -2.46. The monoisotopic (exact) mass is 349 g/mol. The van der Waals surface area contributed by atoms with Crippen LogP contribution in [0.1, 0.15) is 0 Å². The predicted molar refractivity (Wildman–Crippen MR) is 88.6 cm³/mol. The van der Waals surface area contributed by atoms with Gasteiger partial charge in [0.1, 0.15) is 5.69 Å². The van der Waals surface area contributed by atoms with Gasteiger partial charge in [0, 0.05) is 15.2 Å². The van der Waals surface area contributed by atoms with Crippen LogP contribution < -0.4 is 9.47 Å². The van der Waals surface area contributed by atoms with Crippen molar-refractivity contribution in [3.63, 3.8) is 0 Å². The molecule has 0 radical (unpaired) electrons. The second kappa shape index (κ2) is 3.47. The lowest BCUT2D eigenvalue weighted by Gasteiger charge is -2.26. The number of nitrogens with zero attached hydrogens (tertiary/aromatic N) is 1. The molecule has 4 heteroatoms.